The molecular formula is C10H14F2O6S. The Morgan fingerprint density at radius 3 is 2.68 bits per heavy atom. The number of halogens is 2. The number of epoxide rings is 1. The number of hydrogen-bond donors (Lipinski definition) is 1. The van der Waals surface area contributed by atoms with Crippen LogP contribution in [-0.4, -0.2) is 42.5 Å². The summed E-state index contributed by atoms with van der Waals surface area (Å²) in [5.41, 5.74) is -0.395. The standard InChI is InChI=1S/C10H14F2O6S/c1-9-4-6(2-3-7(9)18-9)8(13)17-5-10(11,12)19(14,15)16/h6-7H,2-5H2,1H3,(H,14,15,16). The van der Waals surface area contributed by atoms with Crippen molar-refractivity contribution in [2.75, 3.05) is 6.61 Å². The predicted octanol–water partition coefficient (Wildman–Crippen LogP) is 0.968. The Bertz CT molecular complexity index is 490. The van der Waals surface area contributed by atoms with Crippen molar-refractivity contribution in [3.05, 3.63) is 0 Å². The Hall–Kier alpha value is -0.800. The van der Waals surface area contributed by atoms with E-state index in [1.54, 1.807) is 0 Å². The van der Waals surface area contributed by atoms with Gasteiger partial charge in [-0.25, -0.2) is 0 Å². The molecule has 0 aromatic heterocycles. The molecule has 0 spiro atoms. The van der Waals surface area contributed by atoms with Crippen molar-refractivity contribution < 1.29 is 36.0 Å². The molecule has 2 aliphatic rings. The van der Waals surface area contributed by atoms with Gasteiger partial charge in [0.2, 0.25) is 0 Å². The largest absolute Gasteiger partial charge is 0.458 e. The van der Waals surface area contributed by atoms with Crippen molar-refractivity contribution >= 4 is 16.1 Å². The molecule has 9 heteroatoms. The lowest BCUT2D eigenvalue weighted by atomic mass is 9.82. The molecular weight excluding hydrogens is 286 g/mol. The molecule has 2 rings (SSSR count). The maximum atomic E-state index is 12.9. The lowest BCUT2D eigenvalue weighted by Crippen LogP contribution is -2.37. The highest BCUT2D eigenvalue weighted by Crippen LogP contribution is 2.49. The predicted molar refractivity (Wildman–Crippen MR) is 58.1 cm³/mol. The highest BCUT2D eigenvalue weighted by atomic mass is 32.2. The smallest absolute Gasteiger partial charge is 0.402 e. The number of esters is 1. The fourth-order valence-electron chi connectivity index (χ4n) is 2.33. The first kappa shape index (κ1) is 14.6. The molecule has 1 N–H and O–H groups in total. The number of fused-ring (bicyclic) bond motifs is 1. The fraction of sp³-hybridized carbons (Fsp3) is 0.900. The van der Waals surface area contributed by atoms with E-state index in [0.29, 0.717) is 19.3 Å². The quantitative estimate of drug-likeness (QED) is 0.472. The molecule has 3 unspecified atom stereocenters. The van der Waals surface area contributed by atoms with Crippen molar-refractivity contribution in [2.45, 2.75) is 43.1 Å². The van der Waals surface area contributed by atoms with Gasteiger partial charge in [0.1, 0.15) is 0 Å². The molecule has 1 aliphatic carbocycles. The number of alkyl halides is 2. The highest BCUT2D eigenvalue weighted by molar-refractivity contribution is 7.86. The molecule has 0 bridgehead atoms. The van der Waals surface area contributed by atoms with E-state index in [9.17, 15) is 22.0 Å². The average Bonchev–Trinajstić information content (AvgIpc) is 2.94. The summed E-state index contributed by atoms with van der Waals surface area (Å²) in [6, 6.07) is 0. The summed E-state index contributed by atoms with van der Waals surface area (Å²) in [6.07, 6.45) is 1.57. The van der Waals surface area contributed by atoms with Crippen LogP contribution in [0.4, 0.5) is 8.78 Å². The SMILES string of the molecule is CC12CC(C(=O)OCC(F)(F)S(=O)(=O)O)CCC1O2. The zero-order valence-electron chi connectivity index (χ0n) is 10.1. The van der Waals surface area contributed by atoms with E-state index in [1.807, 2.05) is 6.92 Å². The maximum Gasteiger partial charge on any atom is 0.402 e. The van der Waals surface area contributed by atoms with E-state index in [1.165, 1.54) is 0 Å². The van der Waals surface area contributed by atoms with Gasteiger partial charge in [0.05, 0.1) is 17.6 Å². The van der Waals surface area contributed by atoms with Gasteiger partial charge in [0.15, 0.2) is 6.61 Å². The molecule has 1 heterocycles. The van der Waals surface area contributed by atoms with Crippen LogP contribution >= 0.6 is 0 Å². The van der Waals surface area contributed by atoms with Crippen molar-refractivity contribution in [3.63, 3.8) is 0 Å². The number of carbonyl (C=O) groups is 1. The van der Waals surface area contributed by atoms with Gasteiger partial charge in [-0.15, -0.1) is 0 Å². The van der Waals surface area contributed by atoms with E-state index in [0.717, 1.165) is 0 Å². The molecule has 0 amide bonds. The summed E-state index contributed by atoms with van der Waals surface area (Å²) in [5.74, 6) is -1.47. The van der Waals surface area contributed by atoms with Gasteiger partial charge in [-0.05, 0) is 26.2 Å². The minimum absolute atomic E-state index is 0.107. The van der Waals surface area contributed by atoms with Gasteiger partial charge in [0, 0.05) is 0 Å². The second-order valence-corrected chi connectivity index (χ2v) is 6.67. The van der Waals surface area contributed by atoms with Crippen LogP contribution in [0.5, 0.6) is 0 Å². The number of hydrogen-bond acceptors (Lipinski definition) is 5. The lowest BCUT2D eigenvalue weighted by molar-refractivity contribution is -0.155. The molecule has 0 aromatic carbocycles. The molecule has 110 valence electrons. The summed E-state index contributed by atoms with van der Waals surface area (Å²) in [4.78, 5) is 11.6. The first-order valence-electron chi connectivity index (χ1n) is 5.74. The number of rotatable bonds is 4. The average molecular weight is 300 g/mol. The molecule has 3 atom stereocenters. The third-order valence-electron chi connectivity index (χ3n) is 3.56. The molecule has 0 radical (unpaired) electrons. The summed E-state index contributed by atoms with van der Waals surface area (Å²) < 4.78 is 64.4. The summed E-state index contributed by atoms with van der Waals surface area (Å²) in [6.45, 7) is 0.145. The van der Waals surface area contributed by atoms with Crippen molar-refractivity contribution in [2.24, 2.45) is 5.92 Å². The van der Waals surface area contributed by atoms with Gasteiger partial charge >= 0.3 is 21.3 Å². The summed E-state index contributed by atoms with van der Waals surface area (Å²) >= 11 is 0. The topological polar surface area (TPSA) is 93.2 Å². The molecule has 6 nitrogen and oxygen atoms in total. The minimum Gasteiger partial charge on any atom is -0.458 e. The van der Waals surface area contributed by atoms with Crippen molar-refractivity contribution in [3.8, 4) is 0 Å². The van der Waals surface area contributed by atoms with Crippen molar-refractivity contribution in [1.82, 2.24) is 0 Å². The van der Waals surface area contributed by atoms with Crippen LogP contribution in [0.3, 0.4) is 0 Å². The van der Waals surface area contributed by atoms with E-state index in [2.05, 4.69) is 4.74 Å². The first-order valence-corrected chi connectivity index (χ1v) is 7.18. The monoisotopic (exact) mass is 300 g/mol. The van der Waals surface area contributed by atoms with Crippen LogP contribution in [0.1, 0.15) is 26.2 Å². The van der Waals surface area contributed by atoms with E-state index >= 15 is 0 Å². The van der Waals surface area contributed by atoms with Gasteiger partial charge in [0.25, 0.3) is 0 Å². The van der Waals surface area contributed by atoms with Crippen LogP contribution in [0.2, 0.25) is 0 Å². The Kier molecular flexibility index (Phi) is 3.35. The molecule has 0 aromatic rings. The Morgan fingerprint density at radius 1 is 1.53 bits per heavy atom. The van der Waals surface area contributed by atoms with Crippen LogP contribution in [-0.2, 0) is 24.4 Å². The van der Waals surface area contributed by atoms with Crippen LogP contribution in [0, 0.1) is 5.92 Å². The second-order valence-electron chi connectivity index (χ2n) is 5.12. The normalized spacial score (nSPS) is 34.5. The minimum atomic E-state index is -5.58. The molecule has 1 saturated heterocycles. The van der Waals surface area contributed by atoms with Crippen molar-refractivity contribution in [1.29, 1.82) is 0 Å². The molecule has 2 fully saturated rings. The fourth-order valence-corrected chi connectivity index (χ4v) is 2.54. The zero-order chi connectivity index (χ0) is 14.5. The van der Waals surface area contributed by atoms with E-state index < -0.39 is 39.5 Å². The van der Waals surface area contributed by atoms with Crippen LogP contribution in [0.25, 0.3) is 0 Å². The van der Waals surface area contributed by atoms with E-state index in [-0.39, 0.29) is 6.10 Å². The van der Waals surface area contributed by atoms with Gasteiger partial charge in [-0.2, -0.15) is 17.2 Å². The third-order valence-corrected chi connectivity index (χ3v) is 4.43. The zero-order valence-corrected chi connectivity index (χ0v) is 11.0. The van der Waals surface area contributed by atoms with Gasteiger partial charge in [-0.3, -0.25) is 9.35 Å². The van der Waals surface area contributed by atoms with Crippen LogP contribution in [0.15, 0.2) is 0 Å². The maximum absolute atomic E-state index is 12.9. The first-order chi connectivity index (χ1) is 8.55. The van der Waals surface area contributed by atoms with E-state index in [4.69, 9.17) is 9.29 Å². The molecule has 19 heavy (non-hydrogen) atoms. The summed E-state index contributed by atoms with van der Waals surface area (Å²) in [5, 5.41) is -4.49. The Balaban J connectivity index is 1.88. The molecule has 1 aliphatic heterocycles. The Morgan fingerprint density at radius 2 is 2.16 bits per heavy atom. The van der Waals surface area contributed by atoms with Gasteiger partial charge in [-0.1, -0.05) is 0 Å². The number of ether oxygens (including phenoxy) is 2. The number of carbonyl (C=O) groups excluding carboxylic acids is 1. The third kappa shape index (κ3) is 2.87. The van der Waals surface area contributed by atoms with Crippen LogP contribution < -0.4 is 0 Å². The summed E-state index contributed by atoms with van der Waals surface area (Å²) in [7, 11) is -5.58. The lowest BCUT2D eigenvalue weighted by Gasteiger charge is -2.22. The molecule has 1 saturated carbocycles. The Labute approximate surface area is 108 Å². The van der Waals surface area contributed by atoms with Gasteiger partial charge < -0.3 is 9.47 Å². The second kappa shape index (κ2) is 4.35. The highest BCUT2D eigenvalue weighted by Gasteiger charge is 2.57.